The minimum Gasteiger partial charge on any atom is -0.507 e. The average molecular weight is 694 g/mol. The van der Waals surface area contributed by atoms with Crippen molar-refractivity contribution in [2.24, 2.45) is 9.98 Å². The van der Waals surface area contributed by atoms with Crippen molar-refractivity contribution in [1.29, 1.82) is 0 Å². The van der Waals surface area contributed by atoms with E-state index >= 15 is 0 Å². The molecule has 4 heterocycles. The number of aromatic hydroxyl groups is 1. The van der Waals surface area contributed by atoms with E-state index in [4.69, 9.17) is 33.3 Å². The first-order valence-corrected chi connectivity index (χ1v) is 15.6. The van der Waals surface area contributed by atoms with Crippen molar-refractivity contribution in [3.8, 4) is 11.4 Å². The Balaban J connectivity index is 1.36. The van der Waals surface area contributed by atoms with E-state index in [9.17, 15) is 13.3 Å². The van der Waals surface area contributed by atoms with Crippen molar-refractivity contribution in [2.75, 3.05) is 0 Å². The molecule has 3 aromatic heterocycles. The smallest absolute Gasteiger partial charge is 0.212 e. The summed E-state index contributed by atoms with van der Waals surface area (Å²) in [7, 11) is 0. The third-order valence-electron chi connectivity index (χ3n) is 8.86. The number of aliphatic imine (C=N–C) groups is 2. The molecule has 0 amide bonds. The summed E-state index contributed by atoms with van der Waals surface area (Å²) < 4.78 is 207. The molecular weight excluding hydrogens is 641 g/mol. The Morgan fingerprint density at radius 1 is 0.481 bits per heavy atom. The molecule has 0 aliphatic carbocycles. The van der Waals surface area contributed by atoms with Crippen LogP contribution in [0.15, 0.2) is 173 Å². The van der Waals surface area contributed by atoms with E-state index < -0.39 is 196 Å². The lowest BCUT2D eigenvalue weighted by Gasteiger charge is -2.26. The number of benzene rings is 7. The molecule has 10 aromatic rings. The molecule has 0 saturated carbocycles. The fourth-order valence-corrected chi connectivity index (χ4v) is 6.76. The van der Waals surface area contributed by atoms with Gasteiger partial charge in [-0.2, -0.15) is 0 Å². The molecule has 0 spiro atoms. The summed E-state index contributed by atoms with van der Waals surface area (Å²) in [6.07, 6.45) is -1.80. The Morgan fingerprint density at radius 3 is 1.46 bits per heavy atom. The highest BCUT2D eigenvalue weighted by molar-refractivity contribution is 6.20. The Bertz CT molecular complexity index is 4050. The first-order chi connectivity index (χ1) is 35.3. The second-order valence-corrected chi connectivity index (χ2v) is 11.5. The van der Waals surface area contributed by atoms with E-state index in [1.165, 1.54) is 28.8 Å². The molecule has 0 fully saturated rings. The van der Waals surface area contributed by atoms with Gasteiger partial charge in [0.25, 0.3) is 0 Å². The fraction of sp³-hybridized carbons (Fsp3) is 0.0222. The number of rotatable bonds is 2. The summed E-state index contributed by atoms with van der Waals surface area (Å²) in [5, 5.41) is 12.3. The largest absolute Gasteiger partial charge is 0.507 e. The zero-order valence-corrected chi connectivity index (χ0v) is 26.1. The van der Waals surface area contributed by atoms with E-state index in [-0.39, 0.29) is 43.8 Å². The maximum Gasteiger partial charge on any atom is 0.212 e. The lowest BCUT2D eigenvalue weighted by atomic mass is 10.1. The maximum atomic E-state index is 11.6. The molecule has 11 rings (SSSR count). The Morgan fingerprint density at radius 2 is 0.904 bits per heavy atom. The van der Waals surface area contributed by atoms with Crippen LogP contribution in [0.2, 0.25) is 0 Å². The van der Waals surface area contributed by atoms with Gasteiger partial charge in [0.15, 0.2) is 6.17 Å². The number of hydrogen-bond donors (Lipinski definition) is 2. The monoisotopic (exact) mass is 693 g/mol. The zero-order valence-electron chi connectivity index (χ0n) is 49.1. The minimum atomic E-state index is -1.80. The van der Waals surface area contributed by atoms with Crippen LogP contribution < -0.4 is 5.32 Å². The van der Waals surface area contributed by atoms with Gasteiger partial charge in [-0.05, 0) is 48.4 Å². The summed E-state index contributed by atoms with van der Waals surface area (Å²) in [6.45, 7) is 0. The number of phenolic OH excluding ortho intramolecular Hbond substituents is 1. The molecular formula is C45H30N6O. The van der Waals surface area contributed by atoms with Crippen LogP contribution in [-0.4, -0.2) is 30.7 Å². The predicted molar refractivity (Wildman–Crippen MR) is 213 cm³/mol. The normalized spacial score (nSPS) is 21.0. The van der Waals surface area contributed by atoms with Gasteiger partial charge in [-0.1, -0.05) is 115 Å². The Hall–Kier alpha value is -7.12. The lowest BCUT2D eigenvalue weighted by Crippen LogP contribution is -2.42. The average Bonchev–Trinajstić information content (AvgIpc) is 4.10. The van der Waals surface area contributed by atoms with Crippen LogP contribution in [0.25, 0.3) is 71.1 Å². The number of para-hydroxylation sites is 6. The molecule has 0 radical (unpaired) electrons. The first kappa shape index (κ1) is 14.2. The van der Waals surface area contributed by atoms with Gasteiger partial charge in [0, 0.05) is 37.9 Å². The molecule has 246 valence electrons. The van der Waals surface area contributed by atoms with Gasteiger partial charge in [0.1, 0.15) is 5.75 Å². The number of hydrogen-bond acceptors (Lipinski definition) is 4. The predicted octanol–water partition coefficient (Wildman–Crippen LogP) is 10.1. The fourth-order valence-electron chi connectivity index (χ4n) is 6.76. The molecule has 52 heavy (non-hydrogen) atoms. The first-order valence-electron chi connectivity index (χ1n) is 27.1. The third-order valence-corrected chi connectivity index (χ3v) is 8.86. The molecule has 0 bridgehead atoms. The van der Waals surface area contributed by atoms with E-state index in [1.54, 1.807) is 0 Å². The molecule has 7 nitrogen and oxygen atoms in total. The third kappa shape index (κ3) is 4.01. The highest BCUT2D eigenvalue weighted by Gasteiger charge is 2.28. The number of phenols is 1. The Labute approximate surface area is 329 Å². The van der Waals surface area contributed by atoms with Crippen LogP contribution in [0.4, 0.5) is 0 Å². The van der Waals surface area contributed by atoms with Crippen LogP contribution in [-0.2, 0) is 0 Å². The van der Waals surface area contributed by atoms with Gasteiger partial charge in [-0.3, -0.25) is 14.5 Å². The molecule has 0 saturated heterocycles. The summed E-state index contributed by atoms with van der Waals surface area (Å²) in [6, 6.07) is -11.5. The number of aromatic nitrogens is 3. The SMILES string of the molecule is [2H]c1c([2H])c([2H])c2c(c1[2H])c1c([2H])c([2H])c([2H])c([2H])c1n2C1=NC(c2ccccc2-n2c3c([2H])c([2H])c([2H])c([2H])c3c3c([2H])c([2H])c([2H])c([2H])c32)N=C(n2c3c([2H])c([2H])c([2H])c([2H])c3c3c(O)c([2H])c([2H])c([2H])c32)N1. The second-order valence-electron chi connectivity index (χ2n) is 11.5. The highest BCUT2D eigenvalue weighted by atomic mass is 16.3. The maximum absolute atomic E-state index is 11.6. The summed E-state index contributed by atoms with van der Waals surface area (Å²) >= 11 is 0. The summed E-state index contributed by atoms with van der Waals surface area (Å²) in [5.74, 6) is -2.09. The van der Waals surface area contributed by atoms with E-state index in [2.05, 4.69) is 5.32 Å². The van der Waals surface area contributed by atoms with Gasteiger partial charge in [-0.25, -0.2) is 9.98 Å². The van der Waals surface area contributed by atoms with Gasteiger partial charge >= 0.3 is 0 Å². The molecule has 1 aliphatic heterocycles. The van der Waals surface area contributed by atoms with Crippen LogP contribution in [0.3, 0.4) is 0 Å². The van der Waals surface area contributed by atoms with Gasteiger partial charge in [-0.15, -0.1) is 0 Å². The topological polar surface area (TPSA) is 71.8 Å². The van der Waals surface area contributed by atoms with Gasteiger partial charge in [0.05, 0.1) is 70.3 Å². The molecule has 2 N–H and O–H groups in total. The summed E-state index contributed by atoms with van der Waals surface area (Å²) in [5.41, 5.74) is -2.67. The molecule has 1 atom stereocenters. The van der Waals surface area contributed by atoms with Crippen molar-refractivity contribution in [3.63, 3.8) is 0 Å². The second kappa shape index (κ2) is 10.9. The molecule has 1 aliphatic rings. The van der Waals surface area contributed by atoms with Crippen molar-refractivity contribution in [3.05, 3.63) is 169 Å². The standard InChI is InChI=1S/C45H30N6O/c52-41-27-13-26-40-42(41)32-18-5-11-24-38(32)51(40)45-47-43(46-44(48-45)50-36-22-9-3-16-30(36)31-17-4-10-23-37(31)50)33-19-6-12-25-39(33)49-34-20-7-1-14-28(34)29-15-2-8-21-35(29)49/h1-27,43,52H,(H,46,47,48)/i1D,2D,3D,4D,5D,7D,8D,9D,10D,11D,13D,14D,15D,16D,17D,18D,20D,21D,22D,23D,24D,26D,27D. The van der Waals surface area contributed by atoms with Gasteiger partial charge < -0.3 is 9.67 Å². The quantitative estimate of drug-likeness (QED) is 0.189. The van der Waals surface area contributed by atoms with Crippen molar-refractivity contribution >= 4 is 77.3 Å². The van der Waals surface area contributed by atoms with Crippen molar-refractivity contribution < 1.29 is 36.6 Å². The van der Waals surface area contributed by atoms with E-state index in [1.807, 2.05) is 0 Å². The molecule has 7 heteroatoms. The van der Waals surface area contributed by atoms with Crippen LogP contribution in [0.1, 0.15) is 43.3 Å². The van der Waals surface area contributed by atoms with Crippen LogP contribution in [0.5, 0.6) is 5.75 Å². The van der Waals surface area contributed by atoms with Crippen molar-refractivity contribution in [2.45, 2.75) is 6.17 Å². The van der Waals surface area contributed by atoms with E-state index in [0.29, 0.717) is 0 Å². The lowest BCUT2D eigenvalue weighted by molar-refractivity contribution is 0.482. The summed E-state index contributed by atoms with van der Waals surface area (Å²) in [4.78, 5) is 9.81. The Kier molecular flexibility index (Phi) is 3.00. The number of nitrogens with zero attached hydrogens (tertiary/aromatic N) is 5. The van der Waals surface area contributed by atoms with Gasteiger partial charge in [0.2, 0.25) is 11.9 Å². The van der Waals surface area contributed by atoms with Crippen LogP contribution in [0, 0.1) is 0 Å². The number of fused-ring (bicyclic) bond motifs is 9. The number of nitrogens with one attached hydrogen (secondary N) is 1. The highest BCUT2D eigenvalue weighted by Crippen LogP contribution is 2.39. The molecule has 1 unspecified atom stereocenters. The minimum absolute atomic E-state index is 0.0663. The van der Waals surface area contributed by atoms with Crippen molar-refractivity contribution in [1.82, 2.24) is 19.0 Å². The molecule has 7 aromatic carbocycles. The van der Waals surface area contributed by atoms with Crippen LogP contribution >= 0.6 is 0 Å². The van der Waals surface area contributed by atoms with E-state index in [0.717, 1.165) is 9.13 Å². The zero-order chi connectivity index (χ0) is 54.4.